The van der Waals surface area contributed by atoms with Crippen molar-refractivity contribution in [1.29, 1.82) is 0 Å². The summed E-state index contributed by atoms with van der Waals surface area (Å²) in [5.74, 6) is 0.408. The third kappa shape index (κ3) is 6.28. The van der Waals surface area contributed by atoms with Gasteiger partial charge in [-0.05, 0) is 36.0 Å². The van der Waals surface area contributed by atoms with Gasteiger partial charge in [-0.3, -0.25) is 4.79 Å². The van der Waals surface area contributed by atoms with E-state index >= 15 is 0 Å². The van der Waals surface area contributed by atoms with Crippen molar-refractivity contribution in [2.45, 2.75) is 40.0 Å². The summed E-state index contributed by atoms with van der Waals surface area (Å²) in [7, 11) is 0. The molecule has 3 nitrogen and oxygen atoms in total. The number of amides is 1. The molecule has 0 aromatic heterocycles. The van der Waals surface area contributed by atoms with Crippen LogP contribution in [0.5, 0.6) is 5.75 Å². The van der Waals surface area contributed by atoms with Gasteiger partial charge in [-0.2, -0.15) is 0 Å². The highest BCUT2D eigenvalue weighted by Gasteiger charge is 2.15. The van der Waals surface area contributed by atoms with Crippen LogP contribution in [0.15, 0.2) is 24.3 Å². The van der Waals surface area contributed by atoms with Gasteiger partial charge in [0.1, 0.15) is 5.75 Å². The lowest BCUT2D eigenvalue weighted by molar-refractivity contribution is -0.122. The summed E-state index contributed by atoms with van der Waals surface area (Å²) in [5, 5.41) is 12.1. The van der Waals surface area contributed by atoms with Gasteiger partial charge in [0.2, 0.25) is 5.91 Å². The smallest absolute Gasteiger partial charge is 0.220 e. The lowest BCUT2D eigenvalue weighted by atomic mass is 9.92. The second-order valence-corrected chi connectivity index (χ2v) is 5.86. The van der Waals surface area contributed by atoms with E-state index in [4.69, 9.17) is 5.11 Å². The summed E-state index contributed by atoms with van der Waals surface area (Å²) in [6.45, 7) is 6.88. The molecular weight excluding hydrogens is 226 g/mol. The maximum atomic E-state index is 11.6. The molecule has 1 aromatic carbocycles. The molecule has 1 amide bonds. The number of rotatable bonds is 5. The van der Waals surface area contributed by atoms with Gasteiger partial charge in [0, 0.05) is 13.0 Å². The molecule has 3 heteroatoms. The van der Waals surface area contributed by atoms with Crippen LogP contribution < -0.4 is 5.32 Å². The molecule has 0 aliphatic rings. The Labute approximate surface area is 109 Å². The van der Waals surface area contributed by atoms with E-state index in [0.29, 0.717) is 13.0 Å². The summed E-state index contributed by atoms with van der Waals surface area (Å²) in [5.41, 5.74) is 1.22. The first-order chi connectivity index (χ1) is 8.37. The van der Waals surface area contributed by atoms with Crippen molar-refractivity contribution in [2.75, 3.05) is 6.54 Å². The van der Waals surface area contributed by atoms with Gasteiger partial charge in [0.25, 0.3) is 0 Å². The highest BCUT2D eigenvalue weighted by Crippen LogP contribution is 2.17. The van der Waals surface area contributed by atoms with Gasteiger partial charge in [0.05, 0.1) is 0 Å². The zero-order chi connectivity index (χ0) is 13.6. The molecule has 2 N–H and O–H groups in total. The Hall–Kier alpha value is -1.51. The second-order valence-electron chi connectivity index (χ2n) is 5.86. The summed E-state index contributed by atoms with van der Waals surface area (Å²) in [6, 6.07) is 7.19. The molecule has 0 aliphatic carbocycles. The van der Waals surface area contributed by atoms with E-state index in [0.717, 1.165) is 12.8 Å². The SMILES string of the molecule is CC(C)(C)CC(=O)NCCCc1ccc(O)cc1. The van der Waals surface area contributed by atoms with Crippen LogP contribution in [-0.2, 0) is 11.2 Å². The van der Waals surface area contributed by atoms with Crippen molar-refractivity contribution in [3.05, 3.63) is 29.8 Å². The number of aryl methyl sites for hydroxylation is 1. The first kappa shape index (κ1) is 14.6. The minimum atomic E-state index is 0.0427. The zero-order valence-electron chi connectivity index (χ0n) is 11.5. The van der Waals surface area contributed by atoms with E-state index in [1.807, 2.05) is 12.1 Å². The quantitative estimate of drug-likeness (QED) is 0.788. The third-order valence-corrected chi connectivity index (χ3v) is 2.59. The van der Waals surface area contributed by atoms with Gasteiger partial charge in [-0.1, -0.05) is 32.9 Å². The molecule has 0 saturated carbocycles. The van der Waals surface area contributed by atoms with Gasteiger partial charge < -0.3 is 10.4 Å². The molecule has 0 aliphatic heterocycles. The predicted octanol–water partition coefficient (Wildman–Crippen LogP) is 2.88. The minimum absolute atomic E-state index is 0.0427. The molecule has 0 unspecified atom stereocenters. The van der Waals surface area contributed by atoms with Crippen molar-refractivity contribution in [3.63, 3.8) is 0 Å². The van der Waals surface area contributed by atoms with Gasteiger partial charge in [-0.15, -0.1) is 0 Å². The van der Waals surface area contributed by atoms with Gasteiger partial charge in [-0.25, -0.2) is 0 Å². The Bertz CT molecular complexity index is 376. The van der Waals surface area contributed by atoms with Crippen molar-refractivity contribution in [1.82, 2.24) is 5.32 Å². The highest BCUT2D eigenvalue weighted by molar-refractivity contribution is 5.76. The molecule has 0 bridgehead atoms. The standard InChI is InChI=1S/C15H23NO2/c1-15(2,3)11-14(18)16-10-4-5-12-6-8-13(17)9-7-12/h6-9,17H,4-5,10-11H2,1-3H3,(H,16,18). The average molecular weight is 249 g/mol. The summed E-state index contributed by atoms with van der Waals surface area (Å²) >= 11 is 0. The van der Waals surface area contributed by atoms with Crippen LogP contribution in [0.1, 0.15) is 39.2 Å². The minimum Gasteiger partial charge on any atom is -0.508 e. The Morgan fingerprint density at radius 1 is 1.22 bits per heavy atom. The molecule has 0 spiro atoms. The maximum Gasteiger partial charge on any atom is 0.220 e. The van der Waals surface area contributed by atoms with Crippen molar-refractivity contribution >= 4 is 5.91 Å². The molecule has 0 fully saturated rings. The van der Waals surface area contributed by atoms with Crippen LogP contribution in [0, 0.1) is 5.41 Å². The average Bonchev–Trinajstić information content (AvgIpc) is 2.24. The van der Waals surface area contributed by atoms with Crippen molar-refractivity contribution < 1.29 is 9.90 Å². The number of hydrogen-bond donors (Lipinski definition) is 2. The van der Waals surface area contributed by atoms with Gasteiger partial charge >= 0.3 is 0 Å². The first-order valence-electron chi connectivity index (χ1n) is 6.41. The number of phenolic OH excluding ortho intramolecular Hbond substituents is 1. The Morgan fingerprint density at radius 3 is 2.39 bits per heavy atom. The number of aromatic hydroxyl groups is 1. The number of benzene rings is 1. The predicted molar refractivity (Wildman–Crippen MR) is 73.5 cm³/mol. The number of carbonyl (C=O) groups is 1. The Kier molecular flexibility index (Phi) is 5.20. The fraction of sp³-hybridized carbons (Fsp3) is 0.533. The Balaban J connectivity index is 2.19. The van der Waals surface area contributed by atoms with E-state index in [-0.39, 0.29) is 17.1 Å². The summed E-state index contributed by atoms with van der Waals surface area (Å²) in [6.07, 6.45) is 2.39. The molecule has 0 heterocycles. The lowest BCUT2D eigenvalue weighted by Crippen LogP contribution is -2.28. The van der Waals surface area contributed by atoms with Crippen molar-refractivity contribution in [2.24, 2.45) is 5.41 Å². The van der Waals surface area contributed by atoms with Crippen LogP contribution in [0.3, 0.4) is 0 Å². The maximum absolute atomic E-state index is 11.6. The monoisotopic (exact) mass is 249 g/mol. The van der Waals surface area contributed by atoms with Crippen molar-refractivity contribution in [3.8, 4) is 5.75 Å². The fourth-order valence-corrected chi connectivity index (χ4v) is 1.73. The van der Waals surface area contributed by atoms with Crippen LogP contribution in [0.4, 0.5) is 0 Å². The molecule has 18 heavy (non-hydrogen) atoms. The lowest BCUT2D eigenvalue weighted by Gasteiger charge is -2.17. The van der Waals surface area contributed by atoms with Crippen LogP contribution in [0.2, 0.25) is 0 Å². The van der Waals surface area contributed by atoms with E-state index in [9.17, 15) is 4.79 Å². The van der Waals surface area contributed by atoms with E-state index in [2.05, 4.69) is 26.1 Å². The van der Waals surface area contributed by atoms with Gasteiger partial charge in [0.15, 0.2) is 0 Å². The largest absolute Gasteiger partial charge is 0.508 e. The number of nitrogens with one attached hydrogen (secondary N) is 1. The zero-order valence-corrected chi connectivity index (χ0v) is 11.5. The summed E-state index contributed by atoms with van der Waals surface area (Å²) in [4.78, 5) is 11.6. The normalized spacial score (nSPS) is 11.3. The third-order valence-electron chi connectivity index (χ3n) is 2.59. The van der Waals surface area contributed by atoms with E-state index in [1.54, 1.807) is 12.1 Å². The van der Waals surface area contributed by atoms with E-state index in [1.165, 1.54) is 5.56 Å². The van der Waals surface area contributed by atoms with Crippen LogP contribution in [0.25, 0.3) is 0 Å². The number of hydrogen-bond acceptors (Lipinski definition) is 2. The highest BCUT2D eigenvalue weighted by atomic mass is 16.3. The summed E-state index contributed by atoms with van der Waals surface area (Å²) < 4.78 is 0. The first-order valence-corrected chi connectivity index (χ1v) is 6.41. The number of carbonyl (C=O) groups excluding carboxylic acids is 1. The molecule has 0 saturated heterocycles. The Morgan fingerprint density at radius 2 is 1.83 bits per heavy atom. The molecule has 1 aromatic rings. The van der Waals surface area contributed by atoms with Crippen LogP contribution >= 0.6 is 0 Å². The molecule has 0 radical (unpaired) electrons. The van der Waals surface area contributed by atoms with Crippen LogP contribution in [-0.4, -0.2) is 17.6 Å². The topological polar surface area (TPSA) is 49.3 Å². The number of phenols is 1. The molecule has 100 valence electrons. The molecule has 0 atom stereocenters. The molecular formula is C15H23NO2. The van der Waals surface area contributed by atoms with E-state index < -0.39 is 0 Å². The second kappa shape index (κ2) is 6.43. The molecule has 1 rings (SSSR count). The fourth-order valence-electron chi connectivity index (χ4n) is 1.73.